The highest BCUT2D eigenvalue weighted by atomic mass is 16.6. The van der Waals surface area contributed by atoms with Gasteiger partial charge in [-0.3, -0.25) is 9.59 Å². The van der Waals surface area contributed by atoms with Crippen molar-refractivity contribution >= 4 is 17.9 Å². The Labute approximate surface area is 244 Å². The highest BCUT2D eigenvalue weighted by Gasteiger charge is 2.39. The lowest BCUT2D eigenvalue weighted by Crippen LogP contribution is -2.48. The van der Waals surface area contributed by atoms with Crippen LogP contribution < -0.4 is 20.1 Å². The molecule has 1 heterocycles. The highest BCUT2D eigenvalue weighted by molar-refractivity contribution is 5.95. The first kappa shape index (κ1) is 32.5. The second kappa shape index (κ2) is 14.7. The molecule has 0 bridgehead atoms. The number of likely N-dealkylation sites (tertiary alicyclic amines) is 1. The fourth-order valence-electron chi connectivity index (χ4n) is 4.75. The van der Waals surface area contributed by atoms with Gasteiger partial charge < -0.3 is 39.4 Å². The SMILES string of the molecule is COCCCOc1cc(C(=O)N(C[C@@H]2CN(C(=O)OC(C)(C)C)C[C@H]2NCC(=O)NC2CC2)C(C)C)ccc1OC. The van der Waals surface area contributed by atoms with Crippen molar-refractivity contribution in [2.24, 2.45) is 5.92 Å². The van der Waals surface area contributed by atoms with Crippen molar-refractivity contribution in [2.75, 3.05) is 53.6 Å². The number of rotatable bonds is 14. The molecule has 11 heteroatoms. The standard InChI is InChI=1S/C30H48N4O7/c1-20(2)34(28(36)21-9-12-25(39-7)26(15-21)40-14-8-13-38-6)18-22-17-33(29(37)41-30(3,4)5)19-24(22)31-16-27(35)32-23-10-11-23/h9,12,15,20,22-24,31H,8,10-11,13-14,16-19H2,1-7H3,(H,32,35)/t22-,24+/m0/s1. The van der Waals surface area contributed by atoms with Crippen LogP contribution in [0.25, 0.3) is 0 Å². The third-order valence-corrected chi connectivity index (χ3v) is 7.04. The molecule has 1 saturated heterocycles. The van der Waals surface area contributed by atoms with E-state index in [2.05, 4.69) is 10.6 Å². The monoisotopic (exact) mass is 576 g/mol. The molecule has 41 heavy (non-hydrogen) atoms. The van der Waals surface area contributed by atoms with Gasteiger partial charge in [-0.25, -0.2) is 4.79 Å². The number of hydrogen-bond donors (Lipinski definition) is 2. The van der Waals surface area contributed by atoms with Gasteiger partial charge in [0.05, 0.1) is 20.3 Å². The Morgan fingerprint density at radius 1 is 1.07 bits per heavy atom. The molecule has 1 aromatic rings. The summed E-state index contributed by atoms with van der Waals surface area (Å²) in [6.45, 7) is 11.8. The lowest BCUT2D eigenvalue weighted by Gasteiger charge is -2.32. The summed E-state index contributed by atoms with van der Waals surface area (Å²) in [6, 6.07) is 5.16. The molecular formula is C30H48N4O7. The first-order valence-electron chi connectivity index (χ1n) is 14.5. The molecule has 1 aliphatic carbocycles. The number of nitrogens with one attached hydrogen (secondary N) is 2. The van der Waals surface area contributed by atoms with Crippen molar-refractivity contribution in [3.8, 4) is 11.5 Å². The van der Waals surface area contributed by atoms with Crippen LogP contribution in [0.15, 0.2) is 18.2 Å². The van der Waals surface area contributed by atoms with Gasteiger partial charge in [0.15, 0.2) is 11.5 Å². The number of amides is 3. The predicted octanol–water partition coefficient (Wildman–Crippen LogP) is 3.06. The average Bonchev–Trinajstić information content (AvgIpc) is 3.63. The maximum Gasteiger partial charge on any atom is 0.410 e. The summed E-state index contributed by atoms with van der Waals surface area (Å²) in [5, 5.41) is 6.34. The maximum atomic E-state index is 13.8. The summed E-state index contributed by atoms with van der Waals surface area (Å²) < 4.78 is 22.0. The normalized spacial score (nSPS) is 18.8. The number of ether oxygens (including phenoxy) is 4. The molecule has 2 fully saturated rings. The van der Waals surface area contributed by atoms with Gasteiger partial charge in [-0.15, -0.1) is 0 Å². The number of carbonyl (C=O) groups is 3. The van der Waals surface area contributed by atoms with E-state index in [-0.39, 0.29) is 42.4 Å². The second-order valence-electron chi connectivity index (χ2n) is 12.1. The predicted molar refractivity (Wildman–Crippen MR) is 155 cm³/mol. The van der Waals surface area contributed by atoms with Crippen LogP contribution in [0, 0.1) is 5.92 Å². The van der Waals surface area contributed by atoms with E-state index in [4.69, 9.17) is 18.9 Å². The molecule has 230 valence electrons. The largest absolute Gasteiger partial charge is 0.493 e. The van der Waals surface area contributed by atoms with Gasteiger partial charge in [-0.1, -0.05) is 0 Å². The number of nitrogens with zero attached hydrogens (tertiary/aromatic N) is 2. The fourth-order valence-corrected chi connectivity index (χ4v) is 4.75. The molecule has 1 saturated carbocycles. The van der Waals surface area contributed by atoms with Crippen molar-refractivity contribution in [1.29, 1.82) is 0 Å². The topological polar surface area (TPSA) is 119 Å². The Balaban J connectivity index is 1.75. The molecule has 0 spiro atoms. The summed E-state index contributed by atoms with van der Waals surface area (Å²) in [5.41, 5.74) is -0.142. The first-order chi connectivity index (χ1) is 19.4. The van der Waals surface area contributed by atoms with Crippen molar-refractivity contribution in [2.45, 2.75) is 77.6 Å². The molecule has 3 rings (SSSR count). The zero-order chi connectivity index (χ0) is 30.2. The Morgan fingerprint density at radius 2 is 1.80 bits per heavy atom. The Hall–Kier alpha value is -3.05. The summed E-state index contributed by atoms with van der Waals surface area (Å²) in [6.07, 6.45) is 2.34. The number of methoxy groups -OCH3 is 2. The van der Waals surface area contributed by atoms with Gasteiger partial charge in [0, 0.05) is 69.4 Å². The van der Waals surface area contributed by atoms with E-state index in [9.17, 15) is 14.4 Å². The molecule has 2 N–H and O–H groups in total. The lowest BCUT2D eigenvalue weighted by molar-refractivity contribution is -0.120. The molecule has 0 unspecified atom stereocenters. The molecule has 0 aromatic heterocycles. The summed E-state index contributed by atoms with van der Waals surface area (Å²) >= 11 is 0. The minimum absolute atomic E-state index is 0.0602. The van der Waals surface area contributed by atoms with E-state index in [0.717, 1.165) is 12.8 Å². The van der Waals surface area contributed by atoms with E-state index in [0.29, 0.717) is 56.3 Å². The lowest BCUT2D eigenvalue weighted by atomic mass is 10.0. The molecule has 0 radical (unpaired) electrons. The Morgan fingerprint density at radius 3 is 2.41 bits per heavy atom. The number of carbonyl (C=O) groups excluding carboxylic acids is 3. The van der Waals surface area contributed by atoms with Crippen LogP contribution in [0.2, 0.25) is 0 Å². The van der Waals surface area contributed by atoms with Crippen LogP contribution in [-0.2, 0) is 14.3 Å². The smallest absolute Gasteiger partial charge is 0.410 e. The van der Waals surface area contributed by atoms with Gasteiger partial charge in [0.1, 0.15) is 5.60 Å². The van der Waals surface area contributed by atoms with Gasteiger partial charge in [0.2, 0.25) is 5.91 Å². The van der Waals surface area contributed by atoms with E-state index in [1.165, 1.54) is 0 Å². The highest BCUT2D eigenvalue weighted by Crippen LogP contribution is 2.30. The van der Waals surface area contributed by atoms with E-state index < -0.39 is 11.7 Å². The summed E-state index contributed by atoms with van der Waals surface area (Å²) in [4.78, 5) is 42.6. The molecular weight excluding hydrogens is 528 g/mol. The molecule has 2 aliphatic rings. The van der Waals surface area contributed by atoms with E-state index in [1.807, 2.05) is 34.6 Å². The maximum absolute atomic E-state index is 13.8. The quantitative estimate of drug-likeness (QED) is 0.325. The van der Waals surface area contributed by atoms with Crippen molar-refractivity contribution in [3.05, 3.63) is 23.8 Å². The molecule has 1 aliphatic heterocycles. The minimum atomic E-state index is -0.625. The van der Waals surface area contributed by atoms with Crippen molar-refractivity contribution in [1.82, 2.24) is 20.4 Å². The molecule has 3 amide bonds. The zero-order valence-electron chi connectivity index (χ0n) is 25.7. The van der Waals surface area contributed by atoms with Crippen LogP contribution in [-0.4, -0.2) is 105 Å². The fraction of sp³-hybridized carbons (Fsp3) is 0.700. The van der Waals surface area contributed by atoms with Crippen molar-refractivity contribution in [3.63, 3.8) is 0 Å². The average molecular weight is 577 g/mol. The number of hydrogen-bond acceptors (Lipinski definition) is 8. The zero-order valence-corrected chi connectivity index (χ0v) is 25.7. The van der Waals surface area contributed by atoms with Crippen LogP contribution >= 0.6 is 0 Å². The van der Waals surface area contributed by atoms with Crippen LogP contribution in [0.4, 0.5) is 4.79 Å². The Bertz CT molecular complexity index is 1040. The van der Waals surface area contributed by atoms with Gasteiger partial charge in [0.25, 0.3) is 5.91 Å². The first-order valence-corrected chi connectivity index (χ1v) is 14.5. The third-order valence-electron chi connectivity index (χ3n) is 7.04. The Kier molecular flexibility index (Phi) is 11.7. The summed E-state index contributed by atoms with van der Waals surface area (Å²) in [5.74, 6) is 0.731. The van der Waals surface area contributed by atoms with Crippen LogP contribution in [0.5, 0.6) is 11.5 Å². The van der Waals surface area contributed by atoms with Gasteiger partial charge in [-0.05, 0) is 65.7 Å². The van der Waals surface area contributed by atoms with E-state index in [1.54, 1.807) is 42.2 Å². The number of benzene rings is 1. The molecule has 2 atom stereocenters. The summed E-state index contributed by atoms with van der Waals surface area (Å²) in [7, 11) is 3.20. The van der Waals surface area contributed by atoms with Crippen LogP contribution in [0.1, 0.15) is 64.2 Å². The second-order valence-corrected chi connectivity index (χ2v) is 12.1. The van der Waals surface area contributed by atoms with Crippen LogP contribution in [0.3, 0.4) is 0 Å². The minimum Gasteiger partial charge on any atom is -0.493 e. The third kappa shape index (κ3) is 10.1. The molecule has 1 aromatic carbocycles. The molecule has 11 nitrogen and oxygen atoms in total. The van der Waals surface area contributed by atoms with E-state index >= 15 is 0 Å². The van der Waals surface area contributed by atoms with Gasteiger partial charge >= 0.3 is 6.09 Å². The van der Waals surface area contributed by atoms with Gasteiger partial charge in [-0.2, -0.15) is 0 Å². The van der Waals surface area contributed by atoms with Crippen molar-refractivity contribution < 1.29 is 33.3 Å².